The minimum atomic E-state index is -0.669. The molecule has 0 radical (unpaired) electrons. The van der Waals surface area contributed by atoms with Crippen LogP contribution in [-0.2, 0) is 19.1 Å². The number of aryl methyl sites for hydroxylation is 1. The Kier molecular flexibility index (Phi) is 5.21. The summed E-state index contributed by atoms with van der Waals surface area (Å²) in [5.41, 5.74) is 4.52. The van der Waals surface area contributed by atoms with Crippen LogP contribution < -0.4 is 5.32 Å². The number of H-pyrrole nitrogens is 1. The molecule has 1 heterocycles. The number of hydrogen-bond acceptors (Lipinski definition) is 6. The van der Waals surface area contributed by atoms with Gasteiger partial charge in [0.1, 0.15) is 11.5 Å². The third-order valence-electron chi connectivity index (χ3n) is 3.94. The standard InChI is InChI=1S/C20H19N3O4/c1-12-4-9-15-16(10-12)23-19(22-15)13-5-7-14(8-6-13)21-17(20(25)27-3)11-18(24)26-2/h4-11,21H,1-3H3,(H,22,23)/b17-11+. The number of carbonyl (C=O) groups is 2. The maximum Gasteiger partial charge on any atom is 0.354 e. The lowest BCUT2D eigenvalue weighted by Crippen LogP contribution is -2.15. The van der Waals surface area contributed by atoms with Gasteiger partial charge in [-0.15, -0.1) is 0 Å². The van der Waals surface area contributed by atoms with E-state index in [1.807, 2.05) is 37.3 Å². The van der Waals surface area contributed by atoms with Gasteiger partial charge in [0.15, 0.2) is 0 Å². The molecule has 2 aromatic carbocycles. The molecule has 0 unspecified atom stereocenters. The second-order valence-corrected chi connectivity index (χ2v) is 5.88. The van der Waals surface area contributed by atoms with Gasteiger partial charge in [0.05, 0.1) is 31.3 Å². The van der Waals surface area contributed by atoms with Crippen LogP contribution in [0.4, 0.5) is 5.69 Å². The molecule has 7 nitrogen and oxygen atoms in total. The van der Waals surface area contributed by atoms with Crippen molar-refractivity contribution in [2.75, 3.05) is 19.5 Å². The average Bonchev–Trinajstić information content (AvgIpc) is 3.10. The van der Waals surface area contributed by atoms with Crippen LogP contribution >= 0.6 is 0 Å². The summed E-state index contributed by atoms with van der Waals surface area (Å²) in [4.78, 5) is 31.1. The van der Waals surface area contributed by atoms with Crippen LogP contribution in [0, 0.1) is 6.92 Å². The van der Waals surface area contributed by atoms with E-state index in [1.54, 1.807) is 12.1 Å². The van der Waals surface area contributed by atoms with Crippen LogP contribution in [0.5, 0.6) is 0 Å². The number of hydrogen-bond donors (Lipinski definition) is 2. The average molecular weight is 365 g/mol. The summed E-state index contributed by atoms with van der Waals surface area (Å²) in [7, 11) is 2.47. The van der Waals surface area contributed by atoms with Crippen molar-refractivity contribution in [2.45, 2.75) is 6.92 Å². The largest absolute Gasteiger partial charge is 0.466 e. The van der Waals surface area contributed by atoms with E-state index in [4.69, 9.17) is 0 Å². The first-order valence-corrected chi connectivity index (χ1v) is 8.22. The molecule has 0 saturated carbocycles. The molecule has 0 atom stereocenters. The molecule has 1 aromatic heterocycles. The maximum atomic E-state index is 11.8. The third-order valence-corrected chi connectivity index (χ3v) is 3.94. The van der Waals surface area contributed by atoms with Crippen molar-refractivity contribution in [1.29, 1.82) is 0 Å². The molecule has 3 aromatic rings. The van der Waals surface area contributed by atoms with Crippen LogP contribution in [0.2, 0.25) is 0 Å². The number of rotatable bonds is 5. The summed E-state index contributed by atoms with van der Waals surface area (Å²) in [5.74, 6) is -0.574. The maximum absolute atomic E-state index is 11.8. The van der Waals surface area contributed by atoms with Crippen LogP contribution in [-0.4, -0.2) is 36.1 Å². The van der Waals surface area contributed by atoms with E-state index in [-0.39, 0.29) is 5.70 Å². The quantitative estimate of drug-likeness (QED) is 0.533. The zero-order chi connectivity index (χ0) is 19.4. The SMILES string of the molecule is COC(=O)/C=C(/Nc1ccc(-c2nc3ccc(C)cc3[nH]2)cc1)C(=O)OC. The predicted molar refractivity (Wildman–Crippen MR) is 102 cm³/mol. The van der Waals surface area contributed by atoms with Gasteiger partial charge in [0.2, 0.25) is 0 Å². The number of imidazole rings is 1. The van der Waals surface area contributed by atoms with Crippen LogP contribution in [0.3, 0.4) is 0 Å². The highest BCUT2D eigenvalue weighted by atomic mass is 16.5. The molecule has 7 heteroatoms. The second-order valence-electron chi connectivity index (χ2n) is 5.88. The van der Waals surface area contributed by atoms with Crippen molar-refractivity contribution in [2.24, 2.45) is 0 Å². The van der Waals surface area contributed by atoms with Gasteiger partial charge in [0.25, 0.3) is 0 Å². The summed E-state index contributed by atoms with van der Waals surface area (Å²) < 4.78 is 9.23. The van der Waals surface area contributed by atoms with Gasteiger partial charge in [-0.25, -0.2) is 14.6 Å². The van der Waals surface area contributed by atoms with Crippen molar-refractivity contribution < 1.29 is 19.1 Å². The van der Waals surface area contributed by atoms with Gasteiger partial charge in [0, 0.05) is 11.3 Å². The van der Waals surface area contributed by atoms with Crippen LogP contribution in [0.1, 0.15) is 5.56 Å². The van der Waals surface area contributed by atoms with Crippen molar-refractivity contribution >= 4 is 28.7 Å². The van der Waals surface area contributed by atoms with Crippen molar-refractivity contribution in [3.8, 4) is 11.4 Å². The van der Waals surface area contributed by atoms with E-state index in [9.17, 15) is 9.59 Å². The Labute approximate surface area is 156 Å². The number of ether oxygens (including phenoxy) is 2. The Morgan fingerprint density at radius 1 is 1.07 bits per heavy atom. The fourth-order valence-electron chi connectivity index (χ4n) is 2.56. The Hall–Kier alpha value is -3.61. The normalized spacial score (nSPS) is 11.3. The lowest BCUT2D eigenvalue weighted by molar-refractivity contribution is -0.138. The number of carbonyl (C=O) groups excluding carboxylic acids is 2. The zero-order valence-corrected chi connectivity index (χ0v) is 15.2. The van der Waals surface area contributed by atoms with Gasteiger partial charge in [-0.2, -0.15) is 0 Å². The number of esters is 2. The number of nitrogens with one attached hydrogen (secondary N) is 2. The minimum absolute atomic E-state index is 0.0173. The first-order chi connectivity index (χ1) is 13.0. The molecule has 0 aliphatic rings. The highest BCUT2D eigenvalue weighted by molar-refractivity contribution is 5.98. The van der Waals surface area contributed by atoms with Crippen LogP contribution in [0.25, 0.3) is 22.4 Å². The van der Waals surface area contributed by atoms with Gasteiger partial charge in [-0.05, 0) is 48.9 Å². The Morgan fingerprint density at radius 3 is 2.48 bits per heavy atom. The molecule has 138 valence electrons. The number of anilines is 1. The third kappa shape index (κ3) is 4.14. The Bertz CT molecular complexity index is 1020. The Balaban J connectivity index is 1.84. The number of nitrogens with zero attached hydrogens (tertiary/aromatic N) is 1. The van der Waals surface area contributed by atoms with E-state index in [0.29, 0.717) is 5.69 Å². The molecule has 0 aliphatic carbocycles. The van der Waals surface area contributed by atoms with Crippen molar-refractivity contribution in [3.63, 3.8) is 0 Å². The molecule has 3 rings (SSSR count). The topological polar surface area (TPSA) is 93.3 Å². The second kappa shape index (κ2) is 7.74. The number of aromatic nitrogens is 2. The zero-order valence-electron chi connectivity index (χ0n) is 15.2. The molecular formula is C20H19N3O4. The fraction of sp³-hybridized carbons (Fsp3) is 0.150. The predicted octanol–water partition coefficient (Wildman–Crippen LogP) is 3.18. The molecule has 0 spiro atoms. The van der Waals surface area contributed by atoms with E-state index in [0.717, 1.165) is 34.1 Å². The van der Waals surface area contributed by atoms with Gasteiger partial charge in [-0.1, -0.05) is 6.07 Å². The van der Waals surface area contributed by atoms with E-state index >= 15 is 0 Å². The first-order valence-electron chi connectivity index (χ1n) is 8.22. The summed E-state index contributed by atoms with van der Waals surface area (Å²) in [6, 6.07) is 13.3. The number of fused-ring (bicyclic) bond motifs is 1. The van der Waals surface area contributed by atoms with E-state index in [2.05, 4.69) is 24.8 Å². The molecule has 0 bridgehead atoms. The molecule has 0 saturated heterocycles. The van der Waals surface area contributed by atoms with Crippen molar-refractivity contribution in [3.05, 3.63) is 59.8 Å². The lowest BCUT2D eigenvalue weighted by Gasteiger charge is -2.09. The first kappa shape index (κ1) is 18.2. The fourth-order valence-corrected chi connectivity index (χ4v) is 2.56. The van der Waals surface area contributed by atoms with Gasteiger partial charge < -0.3 is 19.8 Å². The van der Waals surface area contributed by atoms with E-state index in [1.165, 1.54) is 14.2 Å². The monoisotopic (exact) mass is 365 g/mol. The van der Waals surface area contributed by atoms with E-state index < -0.39 is 11.9 Å². The molecule has 0 amide bonds. The van der Waals surface area contributed by atoms with Crippen LogP contribution in [0.15, 0.2) is 54.2 Å². The number of benzene rings is 2. The number of aromatic amines is 1. The van der Waals surface area contributed by atoms with Crippen molar-refractivity contribution in [1.82, 2.24) is 9.97 Å². The highest BCUT2D eigenvalue weighted by Crippen LogP contribution is 2.23. The summed E-state index contributed by atoms with van der Waals surface area (Å²) in [5, 5.41) is 2.86. The lowest BCUT2D eigenvalue weighted by atomic mass is 10.2. The minimum Gasteiger partial charge on any atom is -0.466 e. The number of methoxy groups -OCH3 is 2. The molecule has 0 aliphatic heterocycles. The van der Waals surface area contributed by atoms with Gasteiger partial charge >= 0.3 is 11.9 Å². The highest BCUT2D eigenvalue weighted by Gasteiger charge is 2.13. The molecule has 2 N–H and O–H groups in total. The molecule has 27 heavy (non-hydrogen) atoms. The summed E-state index contributed by atoms with van der Waals surface area (Å²) in [6.45, 7) is 2.03. The molecule has 0 fully saturated rings. The summed E-state index contributed by atoms with van der Waals surface area (Å²) >= 11 is 0. The van der Waals surface area contributed by atoms with Gasteiger partial charge in [-0.3, -0.25) is 0 Å². The summed E-state index contributed by atoms with van der Waals surface area (Å²) in [6.07, 6.45) is 1.04. The molecular weight excluding hydrogens is 346 g/mol. The Morgan fingerprint density at radius 2 is 1.81 bits per heavy atom. The smallest absolute Gasteiger partial charge is 0.354 e.